The Morgan fingerprint density at radius 3 is 2.65 bits per heavy atom. The van der Waals surface area contributed by atoms with E-state index in [4.69, 9.17) is 13.9 Å². The molecule has 0 bridgehead atoms. The summed E-state index contributed by atoms with van der Waals surface area (Å²) in [5, 5.41) is 0.796. The molecule has 1 aliphatic rings. The maximum atomic E-state index is 13.0. The van der Waals surface area contributed by atoms with Gasteiger partial charge in [0.15, 0.2) is 0 Å². The average molecular weight is 351 g/mol. The van der Waals surface area contributed by atoms with Gasteiger partial charge in [-0.05, 0) is 30.7 Å². The molecule has 2 aromatic carbocycles. The minimum Gasteiger partial charge on any atom is -0.489 e. The number of benzene rings is 2. The molecule has 1 saturated heterocycles. The van der Waals surface area contributed by atoms with Crippen LogP contribution in [0.5, 0.6) is 5.75 Å². The van der Waals surface area contributed by atoms with Gasteiger partial charge in [0.25, 0.3) is 5.91 Å². The quantitative estimate of drug-likeness (QED) is 0.718. The van der Waals surface area contributed by atoms with Crippen LogP contribution in [0.3, 0.4) is 0 Å². The smallest absolute Gasteiger partial charge is 0.258 e. The average Bonchev–Trinajstić information content (AvgIpc) is 3.02. The first-order valence-corrected chi connectivity index (χ1v) is 8.79. The molecule has 4 rings (SSSR count). The predicted molar refractivity (Wildman–Crippen MR) is 98.4 cm³/mol. The predicted octanol–water partition coefficient (Wildman–Crippen LogP) is 3.79. The molecule has 2 heterocycles. The number of ether oxygens (including phenoxy) is 2. The van der Waals surface area contributed by atoms with Crippen LogP contribution in [0.1, 0.15) is 21.7 Å². The van der Waals surface area contributed by atoms with Crippen LogP contribution in [0, 0.1) is 6.92 Å². The number of nitrogens with zero attached hydrogens (tertiary/aromatic N) is 1. The number of hydrogen-bond acceptors (Lipinski definition) is 4. The van der Waals surface area contributed by atoms with E-state index in [-0.39, 0.29) is 5.91 Å². The number of furan rings is 1. The second-order valence-corrected chi connectivity index (χ2v) is 6.37. The number of aryl methyl sites for hydroxylation is 1. The van der Waals surface area contributed by atoms with Crippen LogP contribution < -0.4 is 4.74 Å². The van der Waals surface area contributed by atoms with Crippen LogP contribution in [-0.2, 0) is 11.3 Å². The van der Waals surface area contributed by atoms with Gasteiger partial charge in [0.2, 0.25) is 0 Å². The van der Waals surface area contributed by atoms with E-state index < -0.39 is 0 Å². The van der Waals surface area contributed by atoms with Crippen molar-refractivity contribution in [3.63, 3.8) is 0 Å². The van der Waals surface area contributed by atoms with Gasteiger partial charge in [0.05, 0.1) is 18.8 Å². The van der Waals surface area contributed by atoms with Crippen LogP contribution in [-0.4, -0.2) is 37.1 Å². The number of amides is 1. The van der Waals surface area contributed by atoms with Gasteiger partial charge >= 0.3 is 0 Å². The molecule has 1 amide bonds. The second kappa shape index (κ2) is 7.22. The Hall–Kier alpha value is -2.79. The van der Waals surface area contributed by atoms with E-state index in [0.717, 1.165) is 16.7 Å². The van der Waals surface area contributed by atoms with Crippen molar-refractivity contribution in [2.45, 2.75) is 13.5 Å². The molecule has 1 aliphatic heterocycles. The van der Waals surface area contributed by atoms with Crippen molar-refractivity contribution >= 4 is 16.9 Å². The fourth-order valence-electron chi connectivity index (χ4n) is 3.22. The Morgan fingerprint density at radius 1 is 1.12 bits per heavy atom. The van der Waals surface area contributed by atoms with E-state index in [1.165, 1.54) is 0 Å². The topological polar surface area (TPSA) is 51.9 Å². The lowest BCUT2D eigenvalue weighted by Crippen LogP contribution is -2.40. The molecule has 5 heteroatoms. The van der Waals surface area contributed by atoms with E-state index in [1.54, 1.807) is 0 Å². The summed E-state index contributed by atoms with van der Waals surface area (Å²) in [5.74, 6) is 1.35. The number of morpholine rings is 1. The van der Waals surface area contributed by atoms with Gasteiger partial charge in [-0.3, -0.25) is 4.79 Å². The molecule has 0 saturated carbocycles. The fourth-order valence-corrected chi connectivity index (χ4v) is 3.22. The summed E-state index contributed by atoms with van der Waals surface area (Å²) in [7, 11) is 0. The van der Waals surface area contributed by atoms with Crippen LogP contribution >= 0.6 is 0 Å². The summed E-state index contributed by atoms with van der Waals surface area (Å²) in [6.45, 7) is 4.68. The SMILES string of the molecule is Cc1oc2ccc(OCc3ccccc3)cc2c1C(=O)N1CCOCC1. The third kappa shape index (κ3) is 3.30. The standard InChI is InChI=1S/C21H21NO4/c1-15-20(21(23)22-9-11-24-12-10-22)18-13-17(7-8-19(18)26-15)25-14-16-5-3-2-4-6-16/h2-8,13H,9-12,14H2,1H3. The van der Waals surface area contributed by atoms with Crippen molar-refractivity contribution < 1.29 is 18.7 Å². The maximum Gasteiger partial charge on any atom is 0.258 e. The Bertz CT molecular complexity index is 910. The molecular formula is C21H21NO4. The van der Waals surface area contributed by atoms with Crippen molar-refractivity contribution in [3.8, 4) is 5.75 Å². The van der Waals surface area contributed by atoms with Gasteiger partial charge in [-0.15, -0.1) is 0 Å². The summed E-state index contributed by atoms with van der Waals surface area (Å²) in [6.07, 6.45) is 0. The van der Waals surface area contributed by atoms with Gasteiger partial charge in [-0.25, -0.2) is 0 Å². The van der Waals surface area contributed by atoms with Crippen molar-refractivity contribution in [1.29, 1.82) is 0 Å². The van der Waals surface area contributed by atoms with E-state index in [2.05, 4.69) is 0 Å². The van der Waals surface area contributed by atoms with Gasteiger partial charge in [0.1, 0.15) is 23.7 Å². The second-order valence-electron chi connectivity index (χ2n) is 6.37. The van der Waals surface area contributed by atoms with Gasteiger partial charge < -0.3 is 18.8 Å². The summed E-state index contributed by atoms with van der Waals surface area (Å²) >= 11 is 0. The Morgan fingerprint density at radius 2 is 1.88 bits per heavy atom. The summed E-state index contributed by atoms with van der Waals surface area (Å²) in [6, 6.07) is 15.6. The first kappa shape index (κ1) is 16.7. The van der Waals surface area contributed by atoms with Crippen molar-refractivity contribution in [2.75, 3.05) is 26.3 Å². The van der Waals surface area contributed by atoms with Gasteiger partial charge in [0, 0.05) is 18.5 Å². The first-order chi connectivity index (χ1) is 12.7. The highest BCUT2D eigenvalue weighted by atomic mass is 16.5. The maximum absolute atomic E-state index is 13.0. The third-order valence-corrected chi connectivity index (χ3v) is 4.60. The van der Waals surface area contributed by atoms with Gasteiger partial charge in [-0.2, -0.15) is 0 Å². The molecule has 0 N–H and O–H groups in total. The molecule has 5 nitrogen and oxygen atoms in total. The molecule has 0 atom stereocenters. The molecule has 3 aromatic rings. The third-order valence-electron chi connectivity index (χ3n) is 4.60. The lowest BCUT2D eigenvalue weighted by Gasteiger charge is -2.26. The van der Waals surface area contributed by atoms with Crippen LogP contribution in [0.15, 0.2) is 52.9 Å². The lowest BCUT2D eigenvalue weighted by atomic mass is 10.1. The van der Waals surface area contributed by atoms with E-state index >= 15 is 0 Å². The highest BCUT2D eigenvalue weighted by molar-refractivity contribution is 6.07. The van der Waals surface area contributed by atoms with Crippen LogP contribution in [0.2, 0.25) is 0 Å². The first-order valence-electron chi connectivity index (χ1n) is 8.79. The lowest BCUT2D eigenvalue weighted by molar-refractivity contribution is 0.0303. The number of fused-ring (bicyclic) bond motifs is 1. The largest absolute Gasteiger partial charge is 0.489 e. The highest BCUT2D eigenvalue weighted by Crippen LogP contribution is 2.30. The molecule has 0 aliphatic carbocycles. The van der Waals surface area contributed by atoms with Crippen LogP contribution in [0.25, 0.3) is 11.0 Å². The molecule has 134 valence electrons. The van der Waals surface area contributed by atoms with E-state index in [1.807, 2.05) is 60.4 Å². The molecule has 0 radical (unpaired) electrons. The number of carbonyl (C=O) groups is 1. The molecule has 1 aromatic heterocycles. The minimum atomic E-state index is -0.00948. The van der Waals surface area contributed by atoms with Crippen molar-refractivity contribution in [2.24, 2.45) is 0 Å². The zero-order chi connectivity index (χ0) is 17.9. The Kier molecular flexibility index (Phi) is 4.63. The van der Waals surface area contributed by atoms with Gasteiger partial charge in [-0.1, -0.05) is 30.3 Å². The molecular weight excluding hydrogens is 330 g/mol. The highest BCUT2D eigenvalue weighted by Gasteiger charge is 2.25. The normalized spacial score (nSPS) is 14.6. The molecule has 26 heavy (non-hydrogen) atoms. The summed E-state index contributed by atoms with van der Waals surface area (Å²) in [5.41, 5.74) is 2.42. The molecule has 0 unspecified atom stereocenters. The van der Waals surface area contributed by atoms with Crippen molar-refractivity contribution in [1.82, 2.24) is 4.90 Å². The summed E-state index contributed by atoms with van der Waals surface area (Å²) in [4.78, 5) is 14.8. The zero-order valence-electron chi connectivity index (χ0n) is 14.7. The number of carbonyl (C=O) groups excluding carboxylic acids is 1. The fraction of sp³-hybridized carbons (Fsp3) is 0.286. The molecule has 0 spiro atoms. The monoisotopic (exact) mass is 351 g/mol. The number of rotatable bonds is 4. The Balaban J connectivity index is 1.61. The van der Waals surface area contributed by atoms with E-state index in [9.17, 15) is 4.79 Å². The summed E-state index contributed by atoms with van der Waals surface area (Å²) < 4.78 is 17.0. The van der Waals surface area contributed by atoms with Crippen LogP contribution in [0.4, 0.5) is 0 Å². The van der Waals surface area contributed by atoms with Crippen molar-refractivity contribution in [3.05, 3.63) is 65.4 Å². The Labute approximate surface area is 152 Å². The molecule has 1 fully saturated rings. The zero-order valence-corrected chi connectivity index (χ0v) is 14.7. The van der Waals surface area contributed by atoms with E-state index in [0.29, 0.717) is 49.8 Å². The minimum absolute atomic E-state index is 0.00948. The number of hydrogen-bond donors (Lipinski definition) is 0.